The highest BCUT2D eigenvalue weighted by molar-refractivity contribution is 6.00. The van der Waals surface area contributed by atoms with Crippen LogP contribution in [0.2, 0.25) is 0 Å². The van der Waals surface area contributed by atoms with Crippen LogP contribution in [0.1, 0.15) is 31.9 Å². The van der Waals surface area contributed by atoms with Gasteiger partial charge in [0.05, 0.1) is 0 Å². The highest BCUT2D eigenvalue weighted by Crippen LogP contribution is 2.09. The van der Waals surface area contributed by atoms with Crippen LogP contribution < -0.4 is 0 Å². The minimum Gasteiger partial charge on any atom is -0.287 e. The van der Waals surface area contributed by atoms with Crippen LogP contribution in [0, 0.1) is 6.92 Å². The van der Waals surface area contributed by atoms with Crippen molar-refractivity contribution in [3.05, 3.63) is 35.4 Å². The smallest absolute Gasteiger partial charge is 0.0446 e. The molecule has 0 atom stereocenters. The van der Waals surface area contributed by atoms with Crippen molar-refractivity contribution in [3.8, 4) is 0 Å². The molecule has 0 unspecified atom stereocenters. The van der Waals surface area contributed by atoms with Crippen molar-refractivity contribution in [2.75, 3.05) is 0 Å². The van der Waals surface area contributed by atoms with E-state index in [4.69, 9.17) is 0 Å². The largest absolute Gasteiger partial charge is 0.287 e. The third kappa shape index (κ3) is 2.69. The van der Waals surface area contributed by atoms with Gasteiger partial charge in [-0.15, -0.1) is 0 Å². The van der Waals surface area contributed by atoms with Gasteiger partial charge in [0, 0.05) is 11.8 Å². The molecule has 1 rings (SSSR count). The summed E-state index contributed by atoms with van der Waals surface area (Å²) in [7, 11) is 0. The van der Waals surface area contributed by atoms with E-state index < -0.39 is 0 Å². The number of benzene rings is 1. The summed E-state index contributed by atoms with van der Waals surface area (Å²) in [6, 6.07) is 8.73. The zero-order valence-corrected chi connectivity index (χ0v) is 8.83. The molecular formula is C12H17N. The molecule has 0 heterocycles. The molecule has 0 saturated carbocycles. The van der Waals surface area contributed by atoms with Gasteiger partial charge in [-0.2, -0.15) is 0 Å². The van der Waals surface area contributed by atoms with Gasteiger partial charge in [0.25, 0.3) is 0 Å². The monoisotopic (exact) mass is 175 g/mol. The lowest BCUT2D eigenvalue weighted by Crippen LogP contribution is -2.01. The summed E-state index contributed by atoms with van der Waals surface area (Å²) in [5.74, 6) is 0. The second kappa shape index (κ2) is 4.22. The number of hydrogen-bond acceptors (Lipinski definition) is 1. The molecule has 0 bridgehead atoms. The molecule has 0 amide bonds. The van der Waals surface area contributed by atoms with Crippen molar-refractivity contribution in [2.24, 2.45) is 4.99 Å². The van der Waals surface area contributed by atoms with Gasteiger partial charge in [-0.1, -0.05) is 24.3 Å². The van der Waals surface area contributed by atoms with Crippen molar-refractivity contribution >= 4 is 5.71 Å². The van der Waals surface area contributed by atoms with E-state index in [9.17, 15) is 0 Å². The maximum absolute atomic E-state index is 4.53. The number of hydrogen-bond donors (Lipinski definition) is 0. The molecule has 1 aromatic rings. The van der Waals surface area contributed by atoms with Crippen LogP contribution in [0.15, 0.2) is 29.3 Å². The Morgan fingerprint density at radius 1 is 1.23 bits per heavy atom. The maximum atomic E-state index is 4.53. The molecule has 0 spiro atoms. The summed E-state index contributed by atoms with van der Waals surface area (Å²) in [5.41, 5.74) is 3.69. The van der Waals surface area contributed by atoms with Gasteiger partial charge >= 0.3 is 0 Å². The Kier molecular flexibility index (Phi) is 3.24. The minimum atomic E-state index is 0.375. The molecule has 0 aliphatic carbocycles. The van der Waals surface area contributed by atoms with Crippen LogP contribution >= 0.6 is 0 Å². The molecule has 1 heteroatoms. The summed E-state index contributed by atoms with van der Waals surface area (Å²) in [4.78, 5) is 4.53. The van der Waals surface area contributed by atoms with Crippen LogP contribution in [0.3, 0.4) is 0 Å². The Bertz CT molecular complexity index is 311. The van der Waals surface area contributed by atoms with E-state index in [1.165, 1.54) is 11.1 Å². The molecule has 13 heavy (non-hydrogen) atoms. The molecule has 0 N–H and O–H groups in total. The van der Waals surface area contributed by atoms with Gasteiger partial charge in [0.15, 0.2) is 0 Å². The van der Waals surface area contributed by atoms with E-state index in [-0.39, 0.29) is 0 Å². The molecule has 0 aromatic heterocycles. The average Bonchev–Trinajstić information content (AvgIpc) is 2.03. The summed E-state index contributed by atoms with van der Waals surface area (Å²) < 4.78 is 0. The highest BCUT2D eigenvalue weighted by Gasteiger charge is 2.00. The summed E-state index contributed by atoms with van der Waals surface area (Å²) in [6.07, 6.45) is 0. The van der Waals surface area contributed by atoms with Crippen LogP contribution in [0.25, 0.3) is 0 Å². The number of rotatable bonds is 2. The van der Waals surface area contributed by atoms with Gasteiger partial charge in [-0.25, -0.2) is 0 Å². The Labute approximate surface area is 80.5 Å². The second-order valence-electron chi connectivity index (χ2n) is 3.62. The first-order valence-corrected chi connectivity index (χ1v) is 4.71. The molecule has 0 saturated heterocycles. The first-order chi connectivity index (χ1) is 6.11. The van der Waals surface area contributed by atoms with Crippen molar-refractivity contribution < 1.29 is 0 Å². The molecule has 0 radical (unpaired) electrons. The Morgan fingerprint density at radius 2 is 1.85 bits per heavy atom. The average molecular weight is 175 g/mol. The lowest BCUT2D eigenvalue weighted by atomic mass is 10.1. The van der Waals surface area contributed by atoms with Crippen LogP contribution in [-0.4, -0.2) is 11.8 Å². The first-order valence-electron chi connectivity index (χ1n) is 4.71. The third-order valence-corrected chi connectivity index (χ3v) is 1.99. The summed E-state index contributed by atoms with van der Waals surface area (Å²) >= 11 is 0. The van der Waals surface area contributed by atoms with Gasteiger partial charge in [-0.05, 0) is 38.8 Å². The van der Waals surface area contributed by atoms with Crippen molar-refractivity contribution in [2.45, 2.75) is 33.7 Å². The molecule has 0 aliphatic rings. The summed E-state index contributed by atoms with van der Waals surface area (Å²) in [6.45, 7) is 8.39. The van der Waals surface area contributed by atoms with Crippen molar-refractivity contribution in [3.63, 3.8) is 0 Å². The van der Waals surface area contributed by atoms with E-state index in [1.807, 2.05) is 0 Å². The van der Waals surface area contributed by atoms with Crippen LogP contribution in [-0.2, 0) is 0 Å². The maximum Gasteiger partial charge on any atom is 0.0446 e. The molecule has 1 nitrogen and oxygen atoms in total. The summed E-state index contributed by atoms with van der Waals surface area (Å²) in [5, 5.41) is 0. The molecule has 0 aliphatic heterocycles. The quantitative estimate of drug-likeness (QED) is 0.612. The van der Waals surface area contributed by atoms with Crippen molar-refractivity contribution in [1.29, 1.82) is 0 Å². The van der Waals surface area contributed by atoms with E-state index in [2.05, 4.69) is 57.0 Å². The molecule has 0 fully saturated rings. The predicted octanol–water partition coefficient (Wildman–Crippen LogP) is 3.21. The molecular weight excluding hydrogens is 158 g/mol. The van der Waals surface area contributed by atoms with Gasteiger partial charge < -0.3 is 0 Å². The Balaban J connectivity index is 3.02. The Hall–Kier alpha value is -1.11. The zero-order chi connectivity index (χ0) is 9.84. The van der Waals surface area contributed by atoms with Gasteiger partial charge in [0.2, 0.25) is 0 Å². The highest BCUT2D eigenvalue weighted by atomic mass is 14.8. The SMILES string of the molecule is C/C(=N\C(C)C)c1ccccc1C. The predicted molar refractivity (Wildman–Crippen MR) is 58.5 cm³/mol. The van der Waals surface area contributed by atoms with Crippen LogP contribution in [0.4, 0.5) is 0 Å². The van der Waals surface area contributed by atoms with E-state index in [0.717, 1.165) is 5.71 Å². The topological polar surface area (TPSA) is 12.4 Å². The molecule has 70 valence electrons. The van der Waals surface area contributed by atoms with E-state index in [1.54, 1.807) is 0 Å². The Morgan fingerprint density at radius 3 is 2.38 bits per heavy atom. The molecule has 1 aromatic carbocycles. The fraction of sp³-hybridized carbons (Fsp3) is 0.417. The zero-order valence-electron chi connectivity index (χ0n) is 8.83. The van der Waals surface area contributed by atoms with Crippen molar-refractivity contribution in [1.82, 2.24) is 0 Å². The van der Waals surface area contributed by atoms with E-state index >= 15 is 0 Å². The number of aryl methyl sites for hydroxylation is 1. The van der Waals surface area contributed by atoms with Crippen LogP contribution in [0.5, 0.6) is 0 Å². The lowest BCUT2D eigenvalue weighted by molar-refractivity contribution is 0.835. The van der Waals surface area contributed by atoms with Gasteiger partial charge in [0.1, 0.15) is 0 Å². The number of aliphatic imine (C=N–C) groups is 1. The van der Waals surface area contributed by atoms with E-state index in [0.29, 0.717) is 6.04 Å². The fourth-order valence-corrected chi connectivity index (χ4v) is 1.44. The number of nitrogens with zero attached hydrogens (tertiary/aromatic N) is 1. The second-order valence-corrected chi connectivity index (χ2v) is 3.62. The normalized spacial score (nSPS) is 12.2. The minimum absolute atomic E-state index is 0.375. The lowest BCUT2D eigenvalue weighted by Gasteiger charge is -2.06. The standard InChI is InChI=1S/C12H17N/c1-9(2)13-11(4)12-8-6-5-7-10(12)3/h5-9H,1-4H3/b13-11+. The third-order valence-electron chi connectivity index (χ3n) is 1.99. The fourth-order valence-electron chi connectivity index (χ4n) is 1.44. The van der Waals surface area contributed by atoms with Gasteiger partial charge in [-0.3, -0.25) is 4.99 Å². The first kappa shape index (κ1) is 9.97.